The summed E-state index contributed by atoms with van der Waals surface area (Å²) in [7, 11) is 0. The van der Waals surface area contributed by atoms with Crippen molar-refractivity contribution in [2.45, 2.75) is 39.2 Å². The molecule has 0 heterocycles. The van der Waals surface area contributed by atoms with Crippen LogP contribution in [0, 0.1) is 5.92 Å². The van der Waals surface area contributed by atoms with Gasteiger partial charge in [0.25, 0.3) is 0 Å². The molecular weight excluding hydrogens is 196 g/mol. The molecule has 0 aliphatic heterocycles. The molecule has 0 spiro atoms. The number of carbonyl (C=O) groups is 2. The molecule has 1 aliphatic rings. The van der Waals surface area contributed by atoms with Crippen LogP contribution in [-0.4, -0.2) is 17.5 Å². The van der Waals surface area contributed by atoms with E-state index in [1.54, 1.807) is 20.8 Å². The number of hydrogen-bond acceptors (Lipinski definition) is 4. The number of ether oxygens (including phenoxy) is 2. The van der Waals surface area contributed by atoms with Crippen molar-refractivity contribution < 1.29 is 19.1 Å². The zero-order chi connectivity index (χ0) is 11.5. The van der Waals surface area contributed by atoms with Crippen molar-refractivity contribution in [2.75, 3.05) is 0 Å². The van der Waals surface area contributed by atoms with Crippen molar-refractivity contribution in [1.82, 2.24) is 0 Å². The molecule has 0 radical (unpaired) electrons. The van der Waals surface area contributed by atoms with Gasteiger partial charge in [-0.3, -0.25) is 4.79 Å². The third-order valence-electron chi connectivity index (χ3n) is 1.71. The predicted octanol–water partition coefficient (Wildman–Crippen LogP) is 1.79. The minimum absolute atomic E-state index is 0.0355. The van der Waals surface area contributed by atoms with Crippen LogP contribution in [-0.2, 0) is 19.1 Å². The van der Waals surface area contributed by atoms with Crippen LogP contribution in [0.1, 0.15) is 33.6 Å². The highest BCUT2D eigenvalue weighted by atomic mass is 16.6. The zero-order valence-electron chi connectivity index (χ0n) is 9.28. The van der Waals surface area contributed by atoms with Crippen LogP contribution in [0.25, 0.3) is 0 Å². The van der Waals surface area contributed by atoms with E-state index in [-0.39, 0.29) is 11.9 Å². The number of carbonyl (C=O) groups excluding carboxylic acids is 2. The average Bonchev–Trinajstić information content (AvgIpc) is 2.81. The fourth-order valence-corrected chi connectivity index (χ4v) is 0.908. The van der Waals surface area contributed by atoms with Crippen LogP contribution in [0.5, 0.6) is 0 Å². The van der Waals surface area contributed by atoms with Gasteiger partial charge in [-0.25, -0.2) is 4.79 Å². The largest absolute Gasteiger partial charge is 0.457 e. The Balaban J connectivity index is 2.24. The van der Waals surface area contributed by atoms with Gasteiger partial charge in [0.1, 0.15) is 11.9 Å². The first-order valence-corrected chi connectivity index (χ1v) is 4.98. The second kappa shape index (κ2) is 4.47. The van der Waals surface area contributed by atoms with Gasteiger partial charge in [0.2, 0.25) is 0 Å². The fraction of sp³-hybridized carbons (Fsp3) is 0.636. The Morgan fingerprint density at radius 3 is 2.33 bits per heavy atom. The molecule has 1 saturated carbocycles. The van der Waals surface area contributed by atoms with E-state index in [9.17, 15) is 9.59 Å². The number of hydrogen-bond donors (Lipinski definition) is 0. The quantitative estimate of drug-likeness (QED) is 0.406. The van der Waals surface area contributed by atoms with Crippen molar-refractivity contribution >= 4 is 11.9 Å². The summed E-state index contributed by atoms with van der Waals surface area (Å²) in [5.74, 6) is -0.741. The van der Waals surface area contributed by atoms with Gasteiger partial charge < -0.3 is 9.47 Å². The van der Waals surface area contributed by atoms with Crippen LogP contribution < -0.4 is 0 Å². The Bertz CT molecular complexity index is 281. The van der Waals surface area contributed by atoms with E-state index < -0.39 is 11.6 Å². The molecule has 1 aliphatic carbocycles. The lowest BCUT2D eigenvalue weighted by atomic mass is 10.2. The standard InChI is InChI=1S/C11H16O4/c1-11(2,3)15-9(12)6-7-14-10(13)8-4-5-8/h6-8H,4-5H2,1-3H3. The summed E-state index contributed by atoms with van der Waals surface area (Å²) in [6.45, 7) is 5.32. The Morgan fingerprint density at radius 1 is 1.27 bits per heavy atom. The maximum atomic E-state index is 11.1. The van der Waals surface area contributed by atoms with E-state index in [2.05, 4.69) is 0 Å². The molecule has 84 valence electrons. The van der Waals surface area contributed by atoms with Crippen molar-refractivity contribution in [1.29, 1.82) is 0 Å². The van der Waals surface area contributed by atoms with E-state index in [1.807, 2.05) is 0 Å². The van der Waals surface area contributed by atoms with Crippen molar-refractivity contribution in [2.24, 2.45) is 5.92 Å². The molecule has 0 aromatic carbocycles. The molecule has 0 amide bonds. The Morgan fingerprint density at radius 2 is 1.87 bits per heavy atom. The lowest BCUT2D eigenvalue weighted by molar-refractivity contribution is -0.148. The lowest BCUT2D eigenvalue weighted by Gasteiger charge is -2.17. The van der Waals surface area contributed by atoms with E-state index in [0.29, 0.717) is 0 Å². The third kappa shape index (κ3) is 5.20. The van der Waals surface area contributed by atoms with Gasteiger partial charge in [0, 0.05) is 0 Å². The van der Waals surface area contributed by atoms with Crippen molar-refractivity contribution in [3.63, 3.8) is 0 Å². The van der Waals surface area contributed by atoms with Crippen LogP contribution in [0.2, 0.25) is 0 Å². The molecule has 0 aromatic heterocycles. The maximum absolute atomic E-state index is 11.1. The normalized spacial score (nSPS) is 16.5. The molecule has 4 heteroatoms. The molecule has 0 N–H and O–H groups in total. The van der Waals surface area contributed by atoms with Gasteiger partial charge in [-0.1, -0.05) is 0 Å². The van der Waals surface area contributed by atoms with Crippen LogP contribution in [0.15, 0.2) is 12.3 Å². The summed E-state index contributed by atoms with van der Waals surface area (Å²) in [6.07, 6.45) is 3.98. The first-order chi connectivity index (χ1) is 6.88. The van der Waals surface area contributed by atoms with Crippen molar-refractivity contribution in [3.8, 4) is 0 Å². The molecule has 1 rings (SSSR count). The Labute approximate surface area is 89.2 Å². The molecule has 0 unspecified atom stereocenters. The van der Waals surface area contributed by atoms with Crippen LogP contribution in [0.3, 0.4) is 0 Å². The van der Waals surface area contributed by atoms with E-state index >= 15 is 0 Å². The monoisotopic (exact) mass is 212 g/mol. The first-order valence-electron chi connectivity index (χ1n) is 4.98. The highest BCUT2D eigenvalue weighted by molar-refractivity contribution is 5.83. The summed E-state index contributed by atoms with van der Waals surface area (Å²) < 4.78 is 9.71. The summed E-state index contributed by atoms with van der Waals surface area (Å²) in [5, 5.41) is 0. The Kier molecular flexibility index (Phi) is 3.50. The van der Waals surface area contributed by atoms with Gasteiger partial charge in [0.05, 0.1) is 12.0 Å². The molecule has 1 fully saturated rings. The van der Waals surface area contributed by atoms with E-state index in [1.165, 1.54) is 0 Å². The average molecular weight is 212 g/mol. The molecule has 0 atom stereocenters. The molecule has 4 nitrogen and oxygen atoms in total. The maximum Gasteiger partial charge on any atom is 0.334 e. The molecule has 15 heavy (non-hydrogen) atoms. The molecule has 0 saturated heterocycles. The Hall–Kier alpha value is -1.32. The smallest absolute Gasteiger partial charge is 0.334 e. The zero-order valence-corrected chi connectivity index (χ0v) is 9.28. The second-order valence-electron chi connectivity index (χ2n) is 4.55. The predicted molar refractivity (Wildman–Crippen MR) is 53.8 cm³/mol. The second-order valence-corrected chi connectivity index (χ2v) is 4.55. The topological polar surface area (TPSA) is 52.6 Å². The third-order valence-corrected chi connectivity index (χ3v) is 1.71. The summed E-state index contributed by atoms with van der Waals surface area (Å²) in [4.78, 5) is 22.2. The molecular formula is C11H16O4. The van der Waals surface area contributed by atoms with E-state index in [0.717, 1.165) is 25.2 Å². The summed E-state index contributed by atoms with van der Waals surface area (Å²) >= 11 is 0. The highest BCUT2D eigenvalue weighted by Crippen LogP contribution is 2.30. The summed E-state index contributed by atoms with van der Waals surface area (Å²) in [5.41, 5.74) is -0.526. The van der Waals surface area contributed by atoms with Gasteiger partial charge in [-0.15, -0.1) is 0 Å². The van der Waals surface area contributed by atoms with Crippen molar-refractivity contribution in [3.05, 3.63) is 12.3 Å². The van der Waals surface area contributed by atoms with Gasteiger partial charge in [-0.2, -0.15) is 0 Å². The minimum Gasteiger partial charge on any atom is -0.457 e. The fourth-order valence-electron chi connectivity index (χ4n) is 0.908. The molecule has 0 bridgehead atoms. The minimum atomic E-state index is -0.526. The highest BCUT2D eigenvalue weighted by Gasteiger charge is 2.30. The number of esters is 2. The summed E-state index contributed by atoms with van der Waals surface area (Å²) in [6, 6.07) is 0. The van der Waals surface area contributed by atoms with Gasteiger partial charge >= 0.3 is 11.9 Å². The van der Waals surface area contributed by atoms with Crippen LogP contribution >= 0.6 is 0 Å². The van der Waals surface area contributed by atoms with Crippen LogP contribution in [0.4, 0.5) is 0 Å². The SMILES string of the molecule is CC(C)(C)OC(=O)C=COC(=O)C1CC1. The van der Waals surface area contributed by atoms with Gasteiger partial charge in [0.15, 0.2) is 0 Å². The van der Waals surface area contributed by atoms with Gasteiger partial charge in [-0.05, 0) is 33.6 Å². The molecule has 0 aromatic rings. The number of rotatable bonds is 3. The lowest BCUT2D eigenvalue weighted by Crippen LogP contribution is -2.22. The first kappa shape index (κ1) is 11.8. The van der Waals surface area contributed by atoms with E-state index in [4.69, 9.17) is 9.47 Å².